The van der Waals surface area contributed by atoms with E-state index in [4.69, 9.17) is 11.6 Å². The van der Waals surface area contributed by atoms with Crippen LogP contribution in [0.5, 0.6) is 0 Å². The van der Waals surface area contributed by atoms with Crippen LogP contribution in [0.2, 0.25) is 5.02 Å². The molecule has 1 aromatic heterocycles. The second-order valence-corrected chi connectivity index (χ2v) is 10.4. The van der Waals surface area contributed by atoms with Gasteiger partial charge in [0.05, 0.1) is 10.5 Å². The van der Waals surface area contributed by atoms with Gasteiger partial charge in [0.25, 0.3) is 5.56 Å². The Morgan fingerprint density at radius 2 is 1.58 bits per heavy atom. The number of hydrogen-bond donors (Lipinski definition) is 1. The number of nitrogens with zero attached hydrogens (tertiary/aromatic N) is 1. The average Bonchev–Trinajstić information content (AvgIpc) is 2.80. The number of halogens is 1. The van der Waals surface area contributed by atoms with Crippen LogP contribution >= 0.6 is 11.6 Å². The van der Waals surface area contributed by atoms with Crippen molar-refractivity contribution in [1.29, 1.82) is 0 Å². The van der Waals surface area contributed by atoms with E-state index in [1.807, 2.05) is 56.3 Å². The number of pyridine rings is 1. The zero-order valence-electron chi connectivity index (χ0n) is 18.5. The normalized spacial score (nSPS) is 11.9. The van der Waals surface area contributed by atoms with Crippen LogP contribution in [0.25, 0.3) is 10.9 Å². The fourth-order valence-corrected chi connectivity index (χ4v) is 5.81. The second kappa shape index (κ2) is 9.51. The van der Waals surface area contributed by atoms with E-state index in [0.29, 0.717) is 12.0 Å². The van der Waals surface area contributed by atoms with Gasteiger partial charge in [0, 0.05) is 24.0 Å². The minimum absolute atomic E-state index is 0.0315. The lowest BCUT2D eigenvalue weighted by atomic mass is 10.0. The smallest absolute Gasteiger partial charge is 0.252 e. The van der Waals surface area contributed by atoms with Crippen LogP contribution in [0.3, 0.4) is 0 Å². The molecule has 4 aromatic rings. The number of sulfonamides is 1. The standard InChI is InChI=1S/C26H25ClN2O3S/c1-18-12-13-19(2)25-22(18)16-21(26(30)28-25)17-29(15-14-20-8-4-3-5-9-20)33(31,32)24-11-7-6-10-23(24)27/h3-13,16H,14-15,17H2,1-2H3,(H,28,30). The molecule has 5 nitrogen and oxygen atoms in total. The Kier molecular flexibility index (Phi) is 6.70. The summed E-state index contributed by atoms with van der Waals surface area (Å²) in [6.45, 7) is 4.06. The van der Waals surface area contributed by atoms with Crippen molar-refractivity contribution in [3.63, 3.8) is 0 Å². The van der Waals surface area contributed by atoms with Gasteiger partial charge in [-0.25, -0.2) is 8.42 Å². The van der Waals surface area contributed by atoms with Crippen LogP contribution in [0.4, 0.5) is 0 Å². The van der Waals surface area contributed by atoms with Crippen LogP contribution in [0.1, 0.15) is 22.3 Å². The van der Waals surface area contributed by atoms with Gasteiger partial charge in [-0.2, -0.15) is 4.31 Å². The van der Waals surface area contributed by atoms with Crippen molar-refractivity contribution in [2.24, 2.45) is 0 Å². The Hall–Kier alpha value is -2.93. The lowest BCUT2D eigenvalue weighted by Crippen LogP contribution is -2.34. The average molecular weight is 481 g/mol. The molecule has 0 aliphatic carbocycles. The van der Waals surface area contributed by atoms with E-state index in [1.165, 1.54) is 10.4 Å². The molecule has 0 fully saturated rings. The van der Waals surface area contributed by atoms with Crippen molar-refractivity contribution in [1.82, 2.24) is 9.29 Å². The third kappa shape index (κ3) is 4.88. The summed E-state index contributed by atoms with van der Waals surface area (Å²) in [4.78, 5) is 15.9. The van der Waals surface area contributed by atoms with Crippen LogP contribution in [0.15, 0.2) is 82.5 Å². The van der Waals surface area contributed by atoms with Crippen molar-refractivity contribution in [2.75, 3.05) is 6.54 Å². The monoisotopic (exact) mass is 480 g/mol. The van der Waals surface area contributed by atoms with Gasteiger partial charge in [-0.3, -0.25) is 4.79 Å². The van der Waals surface area contributed by atoms with E-state index in [1.54, 1.807) is 24.3 Å². The number of hydrogen-bond acceptors (Lipinski definition) is 3. The van der Waals surface area contributed by atoms with E-state index in [0.717, 1.165) is 27.6 Å². The Balaban J connectivity index is 1.77. The summed E-state index contributed by atoms with van der Waals surface area (Å²) >= 11 is 6.25. The molecule has 0 amide bonds. The van der Waals surface area contributed by atoms with Crippen LogP contribution in [-0.4, -0.2) is 24.3 Å². The number of aryl methyl sites for hydroxylation is 2. The highest BCUT2D eigenvalue weighted by molar-refractivity contribution is 7.89. The van der Waals surface area contributed by atoms with Crippen molar-refractivity contribution in [2.45, 2.75) is 31.7 Å². The van der Waals surface area contributed by atoms with E-state index in [-0.39, 0.29) is 28.6 Å². The Labute approximate surface area is 198 Å². The number of benzene rings is 3. The fraction of sp³-hybridized carbons (Fsp3) is 0.192. The van der Waals surface area contributed by atoms with Crippen molar-refractivity contribution in [3.8, 4) is 0 Å². The first kappa shape index (κ1) is 23.2. The number of aromatic amines is 1. The SMILES string of the molecule is Cc1ccc(C)c2[nH]c(=O)c(CN(CCc3ccccc3)S(=O)(=O)c3ccccc3Cl)cc12. The van der Waals surface area contributed by atoms with E-state index >= 15 is 0 Å². The Bertz CT molecular complexity index is 1460. The molecule has 0 saturated heterocycles. The second-order valence-electron chi connectivity index (χ2n) is 8.12. The van der Waals surface area contributed by atoms with Crippen LogP contribution in [-0.2, 0) is 23.0 Å². The highest BCUT2D eigenvalue weighted by atomic mass is 35.5. The van der Waals surface area contributed by atoms with E-state index in [2.05, 4.69) is 4.98 Å². The summed E-state index contributed by atoms with van der Waals surface area (Å²) in [6.07, 6.45) is 0.508. The minimum atomic E-state index is -3.94. The number of nitrogens with one attached hydrogen (secondary N) is 1. The molecule has 0 spiro atoms. The number of aromatic nitrogens is 1. The maximum Gasteiger partial charge on any atom is 0.252 e. The first-order valence-corrected chi connectivity index (χ1v) is 12.5. The number of fused-ring (bicyclic) bond motifs is 1. The summed E-state index contributed by atoms with van der Waals surface area (Å²) in [6, 6.07) is 21.8. The van der Waals surface area contributed by atoms with Crippen LogP contribution < -0.4 is 5.56 Å². The molecule has 33 heavy (non-hydrogen) atoms. The molecule has 170 valence electrons. The summed E-state index contributed by atoms with van der Waals surface area (Å²) in [5.74, 6) is 0. The van der Waals surface area contributed by atoms with Gasteiger partial charge >= 0.3 is 0 Å². The lowest BCUT2D eigenvalue weighted by Gasteiger charge is -2.23. The number of H-pyrrole nitrogens is 1. The molecule has 0 aliphatic heterocycles. The molecule has 1 N–H and O–H groups in total. The van der Waals surface area contributed by atoms with Crippen molar-refractivity contribution >= 4 is 32.5 Å². The van der Waals surface area contributed by atoms with Crippen molar-refractivity contribution in [3.05, 3.63) is 110 Å². The highest BCUT2D eigenvalue weighted by Gasteiger charge is 2.27. The molecule has 0 aliphatic rings. The Morgan fingerprint density at radius 1 is 0.909 bits per heavy atom. The Morgan fingerprint density at radius 3 is 2.30 bits per heavy atom. The maximum absolute atomic E-state index is 13.6. The maximum atomic E-state index is 13.6. The van der Waals surface area contributed by atoms with Gasteiger partial charge in [-0.15, -0.1) is 0 Å². The topological polar surface area (TPSA) is 70.2 Å². The molecule has 7 heteroatoms. The molecular formula is C26H25ClN2O3S. The first-order valence-electron chi connectivity index (χ1n) is 10.7. The fourth-order valence-electron chi connectivity index (χ4n) is 3.90. The molecule has 0 unspecified atom stereocenters. The number of rotatable bonds is 7. The zero-order valence-corrected chi connectivity index (χ0v) is 20.1. The largest absolute Gasteiger partial charge is 0.321 e. The predicted octanol–water partition coefficient (Wildman–Crippen LogP) is 5.23. The summed E-state index contributed by atoms with van der Waals surface area (Å²) in [7, 11) is -3.94. The van der Waals surface area contributed by atoms with Crippen molar-refractivity contribution < 1.29 is 8.42 Å². The zero-order chi connectivity index (χ0) is 23.6. The van der Waals surface area contributed by atoms with Gasteiger partial charge in [-0.05, 0) is 55.2 Å². The lowest BCUT2D eigenvalue weighted by molar-refractivity contribution is 0.408. The molecule has 4 rings (SSSR count). The third-order valence-electron chi connectivity index (χ3n) is 5.81. The first-order chi connectivity index (χ1) is 15.8. The summed E-state index contributed by atoms with van der Waals surface area (Å²) in [5, 5.41) is 1.06. The van der Waals surface area contributed by atoms with Gasteiger partial charge in [0.1, 0.15) is 4.90 Å². The molecule has 3 aromatic carbocycles. The van der Waals surface area contributed by atoms with Gasteiger partial charge in [0.15, 0.2) is 0 Å². The summed E-state index contributed by atoms with van der Waals surface area (Å²) in [5.41, 5.74) is 3.85. The molecule has 0 atom stereocenters. The third-order valence-corrected chi connectivity index (χ3v) is 8.16. The summed E-state index contributed by atoms with van der Waals surface area (Å²) < 4.78 is 28.5. The van der Waals surface area contributed by atoms with Gasteiger partial charge in [-0.1, -0.05) is 66.2 Å². The molecule has 1 heterocycles. The highest BCUT2D eigenvalue weighted by Crippen LogP contribution is 2.26. The molecule has 0 bridgehead atoms. The predicted molar refractivity (Wildman–Crippen MR) is 133 cm³/mol. The minimum Gasteiger partial charge on any atom is -0.321 e. The molecule has 0 saturated carbocycles. The van der Waals surface area contributed by atoms with Crippen LogP contribution in [0, 0.1) is 13.8 Å². The molecular weight excluding hydrogens is 456 g/mol. The van der Waals surface area contributed by atoms with Gasteiger partial charge in [0.2, 0.25) is 10.0 Å². The molecule has 0 radical (unpaired) electrons. The van der Waals surface area contributed by atoms with E-state index < -0.39 is 10.0 Å². The quantitative estimate of drug-likeness (QED) is 0.393. The van der Waals surface area contributed by atoms with E-state index in [9.17, 15) is 13.2 Å². The van der Waals surface area contributed by atoms with Gasteiger partial charge < -0.3 is 4.98 Å².